The van der Waals surface area contributed by atoms with Gasteiger partial charge in [-0.15, -0.1) is 0 Å². The molecule has 0 aromatic heterocycles. The second-order valence-corrected chi connectivity index (χ2v) is 7.21. The first-order valence-electron chi connectivity index (χ1n) is 6.62. The minimum Gasteiger partial charge on any atom is -0.355 e. The summed E-state index contributed by atoms with van der Waals surface area (Å²) in [5.41, 5.74) is -0.660. The highest BCUT2D eigenvalue weighted by molar-refractivity contribution is 7.88. The third-order valence-electron chi connectivity index (χ3n) is 3.12. The van der Waals surface area contributed by atoms with Crippen LogP contribution in [0.3, 0.4) is 0 Å². The summed E-state index contributed by atoms with van der Waals surface area (Å²) in [6, 6.07) is 6.16. The first-order chi connectivity index (χ1) is 9.64. The van der Waals surface area contributed by atoms with Gasteiger partial charge < -0.3 is 5.32 Å². The van der Waals surface area contributed by atoms with Crippen LogP contribution in [-0.4, -0.2) is 33.7 Å². The number of benzene rings is 1. The maximum atomic E-state index is 13.8. The summed E-state index contributed by atoms with van der Waals surface area (Å²) in [7, 11) is -3.21. The molecule has 5 nitrogen and oxygen atoms in total. The second-order valence-electron chi connectivity index (χ2n) is 5.38. The van der Waals surface area contributed by atoms with Crippen molar-refractivity contribution >= 4 is 15.9 Å². The van der Waals surface area contributed by atoms with Gasteiger partial charge in [-0.3, -0.25) is 4.79 Å². The van der Waals surface area contributed by atoms with Crippen molar-refractivity contribution in [3.05, 3.63) is 35.6 Å². The van der Waals surface area contributed by atoms with Crippen LogP contribution in [0, 0.1) is 5.82 Å². The number of halogens is 1. The molecule has 118 valence electrons. The van der Waals surface area contributed by atoms with Gasteiger partial charge in [0.05, 0.1) is 11.7 Å². The number of hydrogen-bond acceptors (Lipinski definition) is 3. The molecule has 0 spiro atoms. The van der Waals surface area contributed by atoms with E-state index in [1.165, 1.54) is 6.07 Å². The lowest BCUT2D eigenvalue weighted by Crippen LogP contribution is -2.41. The third-order valence-corrected chi connectivity index (χ3v) is 3.85. The molecule has 1 aromatic carbocycles. The van der Waals surface area contributed by atoms with E-state index in [0.717, 1.165) is 6.26 Å². The van der Waals surface area contributed by atoms with E-state index >= 15 is 0 Å². The Bertz CT molecular complexity index is 600. The fraction of sp³-hybridized carbons (Fsp3) is 0.500. The van der Waals surface area contributed by atoms with Gasteiger partial charge in [-0.25, -0.2) is 17.5 Å². The van der Waals surface area contributed by atoms with Crippen LogP contribution in [0.1, 0.15) is 25.8 Å². The summed E-state index contributed by atoms with van der Waals surface area (Å²) in [4.78, 5) is 12.2. The molecule has 0 fully saturated rings. The minimum absolute atomic E-state index is 0.249. The van der Waals surface area contributed by atoms with E-state index in [-0.39, 0.29) is 12.5 Å². The Balaban J connectivity index is 2.53. The second kappa shape index (κ2) is 7.00. The van der Waals surface area contributed by atoms with E-state index in [1.54, 1.807) is 32.0 Å². The van der Waals surface area contributed by atoms with Gasteiger partial charge in [-0.1, -0.05) is 18.2 Å². The van der Waals surface area contributed by atoms with Crippen LogP contribution in [0.4, 0.5) is 4.39 Å². The maximum absolute atomic E-state index is 13.8. The zero-order valence-electron chi connectivity index (χ0n) is 12.4. The molecule has 0 unspecified atom stereocenters. The van der Waals surface area contributed by atoms with Gasteiger partial charge in [-0.05, 0) is 26.3 Å². The van der Waals surface area contributed by atoms with E-state index < -0.39 is 21.3 Å². The van der Waals surface area contributed by atoms with Crippen LogP contribution in [0.25, 0.3) is 0 Å². The van der Waals surface area contributed by atoms with Crippen LogP contribution in [0.2, 0.25) is 0 Å². The van der Waals surface area contributed by atoms with Crippen LogP contribution < -0.4 is 10.0 Å². The van der Waals surface area contributed by atoms with Gasteiger partial charge in [0, 0.05) is 18.7 Å². The lowest BCUT2D eigenvalue weighted by molar-refractivity contribution is -0.125. The number of sulfonamides is 1. The van der Waals surface area contributed by atoms with Gasteiger partial charge in [0.1, 0.15) is 5.82 Å². The first-order valence-corrected chi connectivity index (χ1v) is 8.51. The van der Waals surface area contributed by atoms with Gasteiger partial charge >= 0.3 is 0 Å². The van der Waals surface area contributed by atoms with Crippen molar-refractivity contribution in [2.24, 2.45) is 0 Å². The normalized spacial score (nSPS) is 12.2. The standard InChI is InChI=1S/C14H21FN2O3S/c1-14(2,11-7-4-5-8-12(11)15)13(18)16-9-6-10-17-21(3,19)20/h4-5,7-8,17H,6,9-10H2,1-3H3,(H,16,18). The van der Waals surface area contributed by atoms with Crippen LogP contribution in [-0.2, 0) is 20.2 Å². The van der Waals surface area contributed by atoms with E-state index in [2.05, 4.69) is 10.0 Å². The average Bonchev–Trinajstić information content (AvgIpc) is 2.37. The lowest BCUT2D eigenvalue weighted by Gasteiger charge is -2.24. The number of rotatable bonds is 7. The van der Waals surface area contributed by atoms with E-state index in [0.29, 0.717) is 18.5 Å². The number of carbonyl (C=O) groups is 1. The van der Waals surface area contributed by atoms with E-state index in [4.69, 9.17) is 0 Å². The van der Waals surface area contributed by atoms with E-state index in [1.807, 2.05) is 0 Å². The Morgan fingerprint density at radius 2 is 1.86 bits per heavy atom. The quantitative estimate of drug-likeness (QED) is 0.741. The molecule has 0 aliphatic rings. The largest absolute Gasteiger partial charge is 0.355 e. The molecule has 0 bridgehead atoms. The molecule has 0 atom stereocenters. The fourth-order valence-corrected chi connectivity index (χ4v) is 2.37. The lowest BCUT2D eigenvalue weighted by atomic mass is 9.83. The van der Waals surface area contributed by atoms with E-state index in [9.17, 15) is 17.6 Å². The molecule has 21 heavy (non-hydrogen) atoms. The van der Waals surface area contributed by atoms with Crippen molar-refractivity contribution in [2.45, 2.75) is 25.7 Å². The third kappa shape index (κ3) is 5.43. The molecule has 0 heterocycles. The van der Waals surface area contributed by atoms with Crippen molar-refractivity contribution in [2.75, 3.05) is 19.3 Å². The minimum atomic E-state index is -3.21. The van der Waals surface area contributed by atoms with Crippen molar-refractivity contribution in [1.29, 1.82) is 0 Å². The molecular weight excluding hydrogens is 295 g/mol. The number of nitrogens with one attached hydrogen (secondary N) is 2. The average molecular weight is 316 g/mol. The molecular formula is C14H21FN2O3S. The van der Waals surface area contributed by atoms with Crippen molar-refractivity contribution in [3.63, 3.8) is 0 Å². The van der Waals surface area contributed by atoms with Crippen LogP contribution >= 0.6 is 0 Å². The summed E-state index contributed by atoms with van der Waals surface area (Å²) in [6.07, 6.45) is 1.54. The SMILES string of the molecule is CC(C)(C(=O)NCCCNS(C)(=O)=O)c1ccccc1F. The zero-order valence-corrected chi connectivity index (χ0v) is 13.3. The summed E-state index contributed by atoms with van der Waals surface area (Å²) in [5.74, 6) is -0.719. The maximum Gasteiger partial charge on any atom is 0.230 e. The zero-order chi connectivity index (χ0) is 16.1. The smallest absolute Gasteiger partial charge is 0.230 e. The highest BCUT2D eigenvalue weighted by Gasteiger charge is 2.31. The van der Waals surface area contributed by atoms with Gasteiger partial charge in [0.25, 0.3) is 0 Å². The first kappa shape index (κ1) is 17.6. The Morgan fingerprint density at radius 1 is 1.24 bits per heavy atom. The summed E-state index contributed by atoms with van der Waals surface area (Å²) < 4.78 is 37.8. The molecule has 0 aliphatic carbocycles. The summed E-state index contributed by atoms with van der Waals surface area (Å²) >= 11 is 0. The Labute approximate surface area is 125 Å². The fourth-order valence-electron chi connectivity index (χ4n) is 1.86. The summed E-state index contributed by atoms with van der Waals surface area (Å²) in [6.45, 7) is 3.86. The molecule has 0 saturated carbocycles. The Kier molecular flexibility index (Phi) is 5.86. The van der Waals surface area contributed by atoms with Gasteiger partial charge in [0.2, 0.25) is 15.9 Å². The topological polar surface area (TPSA) is 75.3 Å². The predicted octanol–water partition coefficient (Wildman–Crippen LogP) is 1.16. The van der Waals surface area contributed by atoms with Crippen molar-refractivity contribution in [3.8, 4) is 0 Å². The predicted molar refractivity (Wildman–Crippen MR) is 79.9 cm³/mol. The molecule has 2 N–H and O–H groups in total. The van der Waals surface area contributed by atoms with Crippen LogP contribution in [0.15, 0.2) is 24.3 Å². The number of amides is 1. The Morgan fingerprint density at radius 3 is 2.43 bits per heavy atom. The molecule has 7 heteroatoms. The highest BCUT2D eigenvalue weighted by Crippen LogP contribution is 2.25. The van der Waals surface area contributed by atoms with Crippen molar-refractivity contribution < 1.29 is 17.6 Å². The molecule has 1 amide bonds. The summed E-state index contributed by atoms with van der Waals surface area (Å²) in [5, 5.41) is 2.69. The molecule has 0 aliphatic heterocycles. The molecule has 1 rings (SSSR count). The number of hydrogen-bond donors (Lipinski definition) is 2. The van der Waals surface area contributed by atoms with Crippen molar-refractivity contribution in [1.82, 2.24) is 10.0 Å². The van der Waals surface area contributed by atoms with Gasteiger partial charge in [-0.2, -0.15) is 0 Å². The van der Waals surface area contributed by atoms with Gasteiger partial charge in [0.15, 0.2) is 0 Å². The molecule has 0 saturated heterocycles. The monoisotopic (exact) mass is 316 g/mol. The highest BCUT2D eigenvalue weighted by atomic mass is 32.2. The Hall–Kier alpha value is -1.47. The number of carbonyl (C=O) groups excluding carboxylic acids is 1. The molecule has 0 radical (unpaired) electrons. The molecule has 1 aromatic rings. The van der Waals surface area contributed by atoms with Crippen LogP contribution in [0.5, 0.6) is 0 Å².